The van der Waals surface area contributed by atoms with E-state index in [1.165, 1.54) is 12.0 Å². The Balaban J connectivity index is 2.04. The van der Waals surface area contributed by atoms with Gasteiger partial charge >= 0.3 is 0 Å². The van der Waals surface area contributed by atoms with Crippen molar-refractivity contribution in [3.63, 3.8) is 0 Å². The Bertz CT molecular complexity index is 327. The minimum atomic E-state index is -0.210. The van der Waals surface area contributed by atoms with Crippen LogP contribution in [0.4, 0.5) is 5.69 Å². The van der Waals surface area contributed by atoms with E-state index in [9.17, 15) is 5.11 Å². The smallest absolute Gasteiger partial charge is 0.0741 e. The van der Waals surface area contributed by atoms with Crippen LogP contribution < -0.4 is 5.32 Å². The van der Waals surface area contributed by atoms with E-state index in [0.717, 1.165) is 24.9 Å². The van der Waals surface area contributed by atoms with Crippen LogP contribution in [0.2, 0.25) is 0 Å². The monoisotopic (exact) mass is 206 g/mol. The Labute approximate surface area is 90.5 Å². The first kappa shape index (κ1) is 10.4. The lowest BCUT2D eigenvalue weighted by Crippen LogP contribution is -2.36. The summed E-state index contributed by atoms with van der Waals surface area (Å²) >= 11 is 0. The van der Waals surface area contributed by atoms with E-state index >= 15 is 0 Å². The highest BCUT2D eigenvalue weighted by molar-refractivity contribution is 5.48. The van der Waals surface area contributed by atoms with Gasteiger partial charge in [0.15, 0.2) is 0 Å². The third kappa shape index (κ3) is 2.48. The molecule has 1 fully saturated rings. The van der Waals surface area contributed by atoms with Crippen LogP contribution in [0, 0.1) is 6.92 Å². The summed E-state index contributed by atoms with van der Waals surface area (Å²) in [5.41, 5.74) is 2.23. The molecule has 3 heteroatoms. The van der Waals surface area contributed by atoms with Crippen LogP contribution in [0.25, 0.3) is 0 Å². The molecule has 0 amide bonds. The van der Waals surface area contributed by atoms with E-state index in [2.05, 4.69) is 17.2 Å². The highest BCUT2D eigenvalue weighted by Gasteiger charge is 2.22. The number of pyridine rings is 1. The predicted octanol–water partition coefficient (Wildman–Crippen LogP) is 2.11. The highest BCUT2D eigenvalue weighted by atomic mass is 16.3. The van der Waals surface area contributed by atoms with Gasteiger partial charge in [0.1, 0.15) is 0 Å². The summed E-state index contributed by atoms with van der Waals surface area (Å²) in [6.45, 7) is 2.05. The Hall–Kier alpha value is -1.09. The van der Waals surface area contributed by atoms with Crippen molar-refractivity contribution < 1.29 is 5.11 Å². The number of anilines is 1. The molecule has 0 aromatic carbocycles. The van der Waals surface area contributed by atoms with Gasteiger partial charge in [-0.15, -0.1) is 0 Å². The molecule has 0 unspecified atom stereocenters. The topological polar surface area (TPSA) is 45.2 Å². The molecular formula is C12H18N2O. The van der Waals surface area contributed by atoms with Gasteiger partial charge in [0.2, 0.25) is 0 Å². The Kier molecular flexibility index (Phi) is 3.21. The summed E-state index contributed by atoms with van der Waals surface area (Å²) in [5, 5.41) is 13.2. The normalized spacial score (nSPS) is 26.3. The number of aliphatic hydroxyl groups excluding tert-OH is 1. The molecule has 0 bridgehead atoms. The van der Waals surface area contributed by atoms with Gasteiger partial charge in [0.05, 0.1) is 24.0 Å². The zero-order valence-corrected chi connectivity index (χ0v) is 9.11. The van der Waals surface area contributed by atoms with Gasteiger partial charge in [-0.2, -0.15) is 0 Å². The van der Waals surface area contributed by atoms with Crippen molar-refractivity contribution in [3.05, 3.63) is 24.0 Å². The summed E-state index contributed by atoms with van der Waals surface area (Å²) in [6, 6.07) is 2.18. The molecule has 1 heterocycles. The second-order valence-electron chi connectivity index (χ2n) is 4.29. The number of hydrogen-bond acceptors (Lipinski definition) is 3. The molecule has 82 valence electrons. The van der Waals surface area contributed by atoms with Crippen LogP contribution >= 0.6 is 0 Å². The van der Waals surface area contributed by atoms with Crippen molar-refractivity contribution in [3.8, 4) is 0 Å². The predicted molar refractivity (Wildman–Crippen MR) is 60.9 cm³/mol. The van der Waals surface area contributed by atoms with Crippen molar-refractivity contribution in [1.82, 2.24) is 4.98 Å². The lowest BCUT2D eigenvalue weighted by Gasteiger charge is -2.29. The summed E-state index contributed by atoms with van der Waals surface area (Å²) in [4.78, 5) is 4.09. The minimum Gasteiger partial charge on any atom is -0.391 e. The molecular weight excluding hydrogens is 188 g/mol. The first-order chi connectivity index (χ1) is 7.27. The van der Waals surface area contributed by atoms with Crippen LogP contribution in [0.3, 0.4) is 0 Å². The van der Waals surface area contributed by atoms with E-state index in [-0.39, 0.29) is 12.1 Å². The Morgan fingerprint density at radius 3 is 2.93 bits per heavy atom. The number of rotatable bonds is 2. The van der Waals surface area contributed by atoms with Gasteiger partial charge in [-0.05, 0) is 31.4 Å². The first-order valence-electron chi connectivity index (χ1n) is 5.62. The standard InChI is InChI=1S/C12H18N2O/c1-9-6-7-13-8-11(9)14-10-4-2-3-5-12(10)15/h6-8,10,12,14-15H,2-5H2,1H3/t10-,12-/m0/s1. The maximum atomic E-state index is 9.84. The fourth-order valence-electron chi connectivity index (χ4n) is 2.09. The largest absolute Gasteiger partial charge is 0.391 e. The average Bonchev–Trinajstić information content (AvgIpc) is 2.24. The van der Waals surface area contributed by atoms with Crippen molar-refractivity contribution in [1.29, 1.82) is 0 Å². The van der Waals surface area contributed by atoms with Gasteiger partial charge < -0.3 is 10.4 Å². The Morgan fingerprint density at radius 2 is 2.20 bits per heavy atom. The average molecular weight is 206 g/mol. The molecule has 1 aromatic heterocycles. The second kappa shape index (κ2) is 4.62. The van der Waals surface area contributed by atoms with Crippen molar-refractivity contribution in [2.24, 2.45) is 0 Å². The lowest BCUT2D eigenvalue weighted by molar-refractivity contribution is 0.116. The van der Waals surface area contributed by atoms with E-state index in [0.29, 0.717) is 0 Å². The number of nitrogens with zero attached hydrogens (tertiary/aromatic N) is 1. The number of aryl methyl sites for hydroxylation is 1. The molecule has 2 rings (SSSR count). The fourth-order valence-corrected chi connectivity index (χ4v) is 2.09. The van der Waals surface area contributed by atoms with Crippen molar-refractivity contribution >= 4 is 5.69 Å². The van der Waals surface area contributed by atoms with E-state index in [4.69, 9.17) is 0 Å². The summed E-state index contributed by atoms with van der Waals surface area (Å²) in [6.07, 6.45) is 7.72. The molecule has 15 heavy (non-hydrogen) atoms. The number of hydrogen-bond donors (Lipinski definition) is 2. The number of aromatic nitrogens is 1. The van der Waals surface area contributed by atoms with E-state index in [1.54, 1.807) is 6.20 Å². The van der Waals surface area contributed by atoms with Gasteiger partial charge in [-0.3, -0.25) is 4.98 Å². The molecule has 1 aliphatic rings. The first-order valence-corrected chi connectivity index (χ1v) is 5.62. The quantitative estimate of drug-likeness (QED) is 0.779. The Morgan fingerprint density at radius 1 is 1.40 bits per heavy atom. The maximum absolute atomic E-state index is 9.84. The second-order valence-corrected chi connectivity index (χ2v) is 4.29. The minimum absolute atomic E-state index is 0.196. The molecule has 1 aliphatic carbocycles. The van der Waals surface area contributed by atoms with Crippen LogP contribution in [0.15, 0.2) is 18.5 Å². The summed E-state index contributed by atoms with van der Waals surface area (Å²) in [7, 11) is 0. The molecule has 1 aromatic rings. The number of nitrogens with one attached hydrogen (secondary N) is 1. The van der Waals surface area contributed by atoms with Crippen LogP contribution in [-0.2, 0) is 0 Å². The molecule has 2 atom stereocenters. The zero-order chi connectivity index (χ0) is 10.7. The maximum Gasteiger partial charge on any atom is 0.0741 e. The van der Waals surface area contributed by atoms with Gasteiger partial charge in [0, 0.05) is 6.20 Å². The molecule has 1 saturated carbocycles. The van der Waals surface area contributed by atoms with E-state index < -0.39 is 0 Å². The fraction of sp³-hybridized carbons (Fsp3) is 0.583. The van der Waals surface area contributed by atoms with E-state index in [1.807, 2.05) is 12.3 Å². The molecule has 0 radical (unpaired) electrons. The molecule has 2 N–H and O–H groups in total. The van der Waals surface area contributed by atoms with Crippen LogP contribution in [0.5, 0.6) is 0 Å². The van der Waals surface area contributed by atoms with Crippen molar-refractivity contribution in [2.45, 2.75) is 44.8 Å². The van der Waals surface area contributed by atoms with Gasteiger partial charge in [-0.1, -0.05) is 12.8 Å². The van der Waals surface area contributed by atoms with Gasteiger partial charge in [-0.25, -0.2) is 0 Å². The molecule has 0 spiro atoms. The summed E-state index contributed by atoms with van der Waals surface area (Å²) < 4.78 is 0. The molecule has 3 nitrogen and oxygen atoms in total. The SMILES string of the molecule is Cc1ccncc1N[C@H]1CCCC[C@@H]1O. The highest BCUT2D eigenvalue weighted by Crippen LogP contribution is 2.23. The third-order valence-corrected chi connectivity index (χ3v) is 3.11. The summed E-state index contributed by atoms with van der Waals surface area (Å²) in [5.74, 6) is 0. The van der Waals surface area contributed by atoms with Crippen LogP contribution in [-0.4, -0.2) is 22.2 Å². The van der Waals surface area contributed by atoms with Gasteiger partial charge in [0.25, 0.3) is 0 Å². The number of aliphatic hydroxyl groups is 1. The third-order valence-electron chi connectivity index (χ3n) is 3.11. The van der Waals surface area contributed by atoms with Crippen LogP contribution in [0.1, 0.15) is 31.2 Å². The molecule has 0 saturated heterocycles. The van der Waals surface area contributed by atoms with Crippen molar-refractivity contribution in [2.75, 3.05) is 5.32 Å². The zero-order valence-electron chi connectivity index (χ0n) is 9.11. The molecule has 0 aliphatic heterocycles. The lowest BCUT2D eigenvalue weighted by atomic mass is 9.92.